The lowest BCUT2D eigenvalue weighted by atomic mass is 10.3. The van der Waals surface area contributed by atoms with Crippen LogP contribution in [0.2, 0.25) is 0 Å². The standard InChI is InChI=1S/C7H10O4S/c1-3-4-7(5-6(2)8)12(9,10)11/h3-4H,1,5H2,2H3,(H,9,10,11)/b7-4+. The Morgan fingerprint density at radius 3 is 2.33 bits per heavy atom. The van der Waals surface area contributed by atoms with E-state index in [9.17, 15) is 13.2 Å². The molecule has 0 rings (SSSR count). The third kappa shape index (κ3) is 4.05. The molecule has 0 radical (unpaired) electrons. The number of hydrogen-bond donors (Lipinski definition) is 1. The van der Waals surface area contributed by atoms with Crippen LogP contribution in [0.25, 0.3) is 0 Å². The second-order valence-corrected chi connectivity index (χ2v) is 3.70. The maximum absolute atomic E-state index is 10.5. The Labute approximate surface area is 71.3 Å². The first-order valence-electron chi connectivity index (χ1n) is 3.16. The average Bonchev–Trinajstić information content (AvgIpc) is 1.83. The number of rotatable bonds is 4. The molecular formula is C7H10O4S. The van der Waals surface area contributed by atoms with Gasteiger partial charge >= 0.3 is 0 Å². The van der Waals surface area contributed by atoms with Crippen molar-refractivity contribution in [3.8, 4) is 0 Å². The van der Waals surface area contributed by atoms with E-state index in [2.05, 4.69) is 6.58 Å². The fourth-order valence-electron chi connectivity index (χ4n) is 0.613. The molecule has 0 unspecified atom stereocenters. The number of allylic oxidation sites excluding steroid dienone is 3. The van der Waals surface area contributed by atoms with Crippen LogP contribution in [-0.2, 0) is 14.9 Å². The third-order valence-electron chi connectivity index (χ3n) is 1.06. The molecule has 0 fully saturated rings. The minimum atomic E-state index is -4.25. The summed E-state index contributed by atoms with van der Waals surface area (Å²) in [6.07, 6.45) is 1.99. The quantitative estimate of drug-likeness (QED) is 0.528. The van der Waals surface area contributed by atoms with Gasteiger partial charge in [-0.05, 0) is 13.0 Å². The summed E-state index contributed by atoms with van der Waals surface area (Å²) in [4.78, 5) is 10.2. The van der Waals surface area contributed by atoms with Crippen LogP contribution in [-0.4, -0.2) is 18.8 Å². The van der Waals surface area contributed by atoms with E-state index in [0.29, 0.717) is 0 Å². The molecule has 68 valence electrons. The molecule has 1 N–H and O–H groups in total. The molecule has 0 saturated carbocycles. The minimum Gasteiger partial charge on any atom is -0.300 e. The second kappa shape index (κ2) is 4.18. The van der Waals surface area contributed by atoms with E-state index in [1.807, 2.05) is 0 Å². The van der Waals surface area contributed by atoms with Crippen molar-refractivity contribution in [3.63, 3.8) is 0 Å². The number of Topliss-reactive ketones (excluding diaryl/α,β-unsaturated/α-hetero) is 1. The third-order valence-corrected chi connectivity index (χ3v) is 2.00. The lowest BCUT2D eigenvalue weighted by molar-refractivity contribution is -0.116. The second-order valence-electron chi connectivity index (χ2n) is 2.22. The lowest BCUT2D eigenvalue weighted by Gasteiger charge is -1.98. The molecule has 0 saturated heterocycles. The van der Waals surface area contributed by atoms with E-state index >= 15 is 0 Å². The van der Waals surface area contributed by atoms with E-state index in [-0.39, 0.29) is 17.1 Å². The van der Waals surface area contributed by atoms with E-state index < -0.39 is 10.1 Å². The zero-order chi connectivity index (χ0) is 9.78. The van der Waals surface area contributed by atoms with Crippen LogP contribution >= 0.6 is 0 Å². The largest absolute Gasteiger partial charge is 0.300 e. The number of carbonyl (C=O) groups is 1. The molecule has 0 aliphatic rings. The number of hydrogen-bond acceptors (Lipinski definition) is 3. The highest BCUT2D eigenvalue weighted by atomic mass is 32.2. The highest BCUT2D eigenvalue weighted by Gasteiger charge is 2.14. The first-order valence-corrected chi connectivity index (χ1v) is 4.60. The van der Waals surface area contributed by atoms with Gasteiger partial charge in [0.15, 0.2) is 0 Å². The SMILES string of the molecule is C=C/C=C(\CC(C)=O)S(=O)(=O)O. The van der Waals surface area contributed by atoms with Gasteiger partial charge in [0.05, 0.1) is 4.91 Å². The van der Waals surface area contributed by atoms with Gasteiger partial charge in [-0.1, -0.05) is 12.7 Å². The van der Waals surface area contributed by atoms with Crippen molar-refractivity contribution in [2.24, 2.45) is 0 Å². The first kappa shape index (κ1) is 11.1. The van der Waals surface area contributed by atoms with Gasteiger partial charge in [0, 0.05) is 6.42 Å². The molecule has 0 aromatic heterocycles. The van der Waals surface area contributed by atoms with Crippen LogP contribution in [0.1, 0.15) is 13.3 Å². The Morgan fingerprint density at radius 1 is 1.58 bits per heavy atom. The van der Waals surface area contributed by atoms with Gasteiger partial charge in [-0.2, -0.15) is 8.42 Å². The van der Waals surface area contributed by atoms with Gasteiger partial charge in [-0.25, -0.2) is 0 Å². The summed E-state index contributed by atoms with van der Waals surface area (Å²) in [6.45, 7) is 4.50. The van der Waals surface area contributed by atoms with Crippen molar-refractivity contribution in [1.82, 2.24) is 0 Å². The highest BCUT2D eigenvalue weighted by Crippen LogP contribution is 2.09. The number of carbonyl (C=O) groups excluding carboxylic acids is 1. The van der Waals surface area contributed by atoms with E-state index in [0.717, 1.165) is 6.08 Å². The van der Waals surface area contributed by atoms with Crippen molar-refractivity contribution >= 4 is 15.9 Å². The summed E-state index contributed by atoms with van der Waals surface area (Å²) in [5, 5.41) is 0. The van der Waals surface area contributed by atoms with E-state index in [1.165, 1.54) is 13.0 Å². The molecule has 5 heteroatoms. The fourth-order valence-corrected chi connectivity index (χ4v) is 1.27. The van der Waals surface area contributed by atoms with Crippen molar-refractivity contribution in [1.29, 1.82) is 0 Å². The Hall–Kier alpha value is -0.940. The predicted molar refractivity (Wildman–Crippen MR) is 45.1 cm³/mol. The van der Waals surface area contributed by atoms with Crippen molar-refractivity contribution in [2.45, 2.75) is 13.3 Å². The molecule has 0 amide bonds. The minimum absolute atomic E-state index is 0.301. The van der Waals surface area contributed by atoms with Gasteiger partial charge in [-0.3, -0.25) is 9.35 Å². The van der Waals surface area contributed by atoms with Gasteiger partial charge in [-0.15, -0.1) is 0 Å². The van der Waals surface area contributed by atoms with Gasteiger partial charge in [0.25, 0.3) is 10.1 Å². The molecule has 4 nitrogen and oxygen atoms in total. The maximum Gasteiger partial charge on any atom is 0.291 e. The molecule has 0 atom stereocenters. The van der Waals surface area contributed by atoms with Crippen LogP contribution in [0.4, 0.5) is 0 Å². The fraction of sp³-hybridized carbons (Fsp3) is 0.286. The summed E-state index contributed by atoms with van der Waals surface area (Å²) in [6, 6.07) is 0. The summed E-state index contributed by atoms with van der Waals surface area (Å²) >= 11 is 0. The van der Waals surface area contributed by atoms with Gasteiger partial charge in [0.1, 0.15) is 5.78 Å². The summed E-state index contributed by atoms with van der Waals surface area (Å²) in [7, 11) is -4.25. The molecule has 0 bridgehead atoms. The van der Waals surface area contributed by atoms with Crippen LogP contribution in [0.3, 0.4) is 0 Å². The summed E-state index contributed by atoms with van der Waals surface area (Å²) in [5.74, 6) is -0.333. The van der Waals surface area contributed by atoms with Crippen molar-refractivity contribution in [2.75, 3.05) is 0 Å². The zero-order valence-corrected chi connectivity index (χ0v) is 7.47. The van der Waals surface area contributed by atoms with Gasteiger partial charge < -0.3 is 0 Å². The topological polar surface area (TPSA) is 71.4 Å². The summed E-state index contributed by atoms with van der Waals surface area (Å²) in [5.41, 5.74) is 0. The molecule has 0 aliphatic heterocycles. The highest BCUT2D eigenvalue weighted by molar-refractivity contribution is 7.89. The average molecular weight is 190 g/mol. The molecule has 0 heterocycles. The van der Waals surface area contributed by atoms with Crippen LogP contribution in [0, 0.1) is 0 Å². The molecule has 12 heavy (non-hydrogen) atoms. The van der Waals surface area contributed by atoms with E-state index in [4.69, 9.17) is 4.55 Å². The van der Waals surface area contributed by atoms with E-state index in [1.54, 1.807) is 0 Å². The Morgan fingerprint density at radius 2 is 2.08 bits per heavy atom. The maximum atomic E-state index is 10.5. The predicted octanol–water partition coefficient (Wildman–Crippen LogP) is 0.923. The van der Waals surface area contributed by atoms with Crippen LogP contribution < -0.4 is 0 Å². The first-order chi connectivity index (χ1) is 5.38. The smallest absolute Gasteiger partial charge is 0.291 e. The molecule has 0 aromatic rings. The molecule has 0 aliphatic carbocycles. The van der Waals surface area contributed by atoms with Crippen LogP contribution in [0.15, 0.2) is 23.6 Å². The Bertz CT molecular complexity index is 310. The zero-order valence-electron chi connectivity index (χ0n) is 6.65. The normalized spacial score (nSPS) is 12.7. The summed E-state index contributed by atoms with van der Waals surface area (Å²) < 4.78 is 29.6. The Kier molecular flexibility index (Phi) is 3.85. The monoisotopic (exact) mass is 190 g/mol. The lowest BCUT2D eigenvalue weighted by Crippen LogP contribution is -2.05. The van der Waals surface area contributed by atoms with Gasteiger partial charge in [0.2, 0.25) is 0 Å². The number of ketones is 1. The Balaban J connectivity index is 4.83. The molecular weight excluding hydrogens is 180 g/mol. The molecule has 0 aromatic carbocycles. The molecule has 0 spiro atoms. The van der Waals surface area contributed by atoms with Crippen molar-refractivity contribution < 1.29 is 17.8 Å². The van der Waals surface area contributed by atoms with Crippen molar-refractivity contribution in [3.05, 3.63) is 23.6 Å². The van der Waals surface area contributed by atoms with Crippen LogP contribution in [0.5, 0.6) is 0 Å².